The molecule has 0 fully saturated rings. The summed E-state index contributed by atoms with van der Waals surface area (Å²) >= 11 is 0. The van der Waals surface area contributed by atoms with Crippen molar-refractivity contribution < 1.29 is 57.4 Å². The van der Waals surface area contributed by atoms with E-state index in [0.29, 0.717) is 5.56 Å². The van der Waals surface area contributed by atoms with Gasteiger partial charge in [-0.15, -0.1) is 0 Å². The Bertz CT molecular complexity index is 3220. The van der Waals surface area contributed by atoms with Crippen molar-refractivity contribution in [3.8, 4) is 11.1 Å². The number of amides is 9. The summed E-state index contributed by atoms with van der Waals surface area (Å²) in [6, 6.07) is 36.8. The first kappa shape index (κ1) is 54.0. The summed E-state index contributed by atoms with van der Waals surface area (Å²) in [6.07, 6.45) is -1.39. The van der Waals surface area contributed by atoms with Crippen LogP contribution in [0.15, 0.2) is 164 Å². The highest BCUT2D eigenvalue weighted by Crippen LogP contribution is 2.44. The molecule has 21 nitrogen and oxygen atoms in total. The smallest absolute Gasteiger partial charge is 0.407 e. The Labute approximate surface area is 446 Å². The number of ether oxygens (including phenoxy) is 3. The van der Waals surface area contributed by atoms with Crippen molar-refractivity contribution in [3.63, 3.8) is 0 Å². The quantitative estimate of drug-likeness (QED) is 0.0536. The van der Waals surface area contributed by atoms with Crippen LogP contribution in [0.3, 0.4) is 0 Å². The molecular weight excluding hydrogens is 1000 g/mol. The van der Waals surface area contributed by atoms with Crippen LogP contribution in [0, 0.1) is 0 Å². The molecule has 1 heterocycles. The van der Waals surface area contributed by atoms with E-state index in [0.717, 1.165) is 22.3 Å². The fourth-order valence-corrected chi connectivity index (χ4v) is 8.42. The molecule has 2 aliphatic rings. The summed E-state index contributed by atoms with van der Waals surface area (Å²) < 4.78 is 16.0. The zero-order valence-electron chi connectivity index (χ0n) is 41.7. The maximum atomic E-state index is 14.2. The minimum Gasteiger partial charge on any atom is -0.449 e. The molecule has 1 aliphatic carbocycles. The van der Waals surface area contributed by atoms with E-state index >= 15 is 0 Å². The predicted octanol–water partition coefficient (Wildman–Crippen LogP) is 5.59. The summed E-state index contributed by atoms with van der Waals surface area (Å²) in [6.45, 7) is 1.75. The third-order valence-electron chi connectivity index (χ3n) is 12.3. The standard InChI is InChI=1S/C57H53N9O12/c1-2-25-76-55(73)58-29-46-52(70)61-38-18-11-16-36(27-38)50(68)65-47(30-59-56(74)77-32-34-13-4-3-5-14-34)53(71)62-39-19-12-17-37(28-39)51(69)66-48(54(72)63-40-20-10-15-35(26-40)49(67)64-46)31-60-57(75)78-33-45-43-23-8-6-21-41(43)42-22-7-9-24-44(42)45/h2-24,26-28,45-48H,1,25,29-33H2,(H,58,73)(H,59,74)(H,60,75)(H,61,70)(H,62,71)(H,63,72)(H,64,67)(H,65,68)(H,66,69)/t46-,47-,48-/m0/s1. The predicted molar refractivity (Wildman–Crippen MR) is 286 cm³/mol. The molecule has 1 aliphatic heterocycles. The number of benzene rings is 6. The maximum Gasteiger partial charge on any atom is 0.407 e. The van der Waals surface area contributed by atoms with Crippen LogP contribution in [0.2, 0.25) is 0 Å². The lowest BCUT2D eigenvalue weighted by atomic mass is 9.98. The first-order valence-electron chi connectivity index (χ1n) is 24.5. The Morgan fingerprint density at radius 2 is 0.846 bits per heavy atom. The van der Waals surface area contributed by atoms with Crippen molar-refractivity contribution in [2.45, 2.75) is 30.7 Å². The van der Waals surface area contributed by atoms with E-state index in [-0.39, 0.29) is 59.5 Å². The van der Waals surface area contributed by atoms with Gasteiger partial charge in [-0.1, -0.05) is 110 Å². The van der Waals surface area contributed by atoms with Gasteiger partial charge in [0.25, 0.3) is 17.7 Å². The van der Waals surface area contributed by atoms with Crippen molar-refractivity contribution >= 4 is 70.8 Å². The average Bonchev–Trinajstić information content (AvgIpc) is 3.78. The normalized spacial score (nSPS) is 16.5. The molecule has 3 atom stereocenters. The largest absolute Gasteiger partial charge is 0.449 e. The molecule has 6 aromatic rings. The SMILES string of the molecule is C=CCOC(=O)NC[C@@H]1NC(=O)c2cccc(c2)NC(=O)[C@H](CNC(=O)OCC2c3ccccc3-c3ccccc32)NC(=O)c2cccc(c2)NC(=O)[C@H](CNC(=O)OCc2ccccc2)NC(=O)c2cccc(c2)NC1=O. The minimum atomic E-state index is -1.50. The number of carbonyl (C=O) groups is 9. The monoisotopic (exact) mass is 1060 g/mol. The molecule has 6 aromatic carbocycles. The first-order valence-corrected chi connectivity index (χ1v) is 24.5. The molecule has 0 aromatic heterocycles. The van der Waals surface area contributed by atoms with Gasteiger partial charge in [0.15, 0.2) is 0 Å². The Hall–Kier alpha value is -10.3. The lowest BCUT2D eigenvalue weighted by Crippen LogP contribution is -2.51. The van der Waals surface area contributed by atoms with Gasteiger partial charge in [0.1, 0.15) is 37.9 Å². The van der Waals surface area contributed by atoms with Gasteiger partial charge in [-0.05, 0) is 82.4 Å². The fourth-order valence-electron chi connectivity index (χ4n) is 8.42. The second-order valence-electron chi connectivity index (χ2n) is 17.7. The third kappa shape index (κ3) is 14.3. The Morgan fingerprint density at radius 3 is 1.27 bits per heavy atom. The van der Waals surface area contributed by atoms with Gasteiger partial charge in [0.2, 0.25) is 17.7 Å². The molecule has 9 N–H and O–H groups in total. The molecule has 8 rings (SSSR count). The summed E-state index contributed by atoms with van der Waals surface area (Å²) in [4.78, 5) is 123. The van der Waals surface area contributed by atoms with Crippen molar-refractivity contribution in [2.24, 2.45) is 0 Å². The van der Waals surface area contributed by atoms with Gasteiger partial charge in [-0.2, -0.15) is 0 Å². The first-order chi connectivity index (χ1) is 37.8. The fraction of sp³-hybridized carbons (Fsp3) is 0.175. The second-order valence-corrected chi connectivity index (χ2v) is 17.7. The van der Waals surface area contributed by atoms with Gasteiger partial charge in [-0.3, -0.25) is 28.8 Å². The number of fused-ring (bicyclic) bond motifs is 9. The highest BCUT2D eigenvalue weighted by molar-refractivity contribution is 6.06. The van der Waals surface area contributed by atoms with Crippen LogP contribution in [-0.4, -0.2) is 105 Å². The zero-order chi connectivity index (χ0) is 55.0. The number of anilines is 3. The lowest BCUT2D eigenvalue weighted by molar-refractivity contribution is -0.118. The lowest BCUT2D eigenvalue weighted by Gasteiger charge is -2.21. The van der Waals surface area contributed by atoms with Gasteiger partial charge in [0.05, 0.1) is 19.6 Å². The Kier molecular flexibility index (Phi) is 17.8. The average molecular weight is 1060 g/mol. The molecule has 0 unspecified atom stereocenters. The van der Waals surface area contributed by atoms with E-state index < -0.39 is 91.5 Å². The number of nitrogens with one attached hydrogen (secondary N) is 9. The van der Waals surface area contributed by atoms with Crippen LogP contribution < -0.4 is 47.9 Å². The van der Waals surface area contributed by atoms with Crippen LogP contribution in [-0.2, 0) is 35.2 Å². The van der Waals surface area contributed by atoms with Gasteiger partial charge >= 0.3 is 18.3 Å². The topological polar surface area (TPSA) is 290 Å². The van der Waals surface area contributed by atoms with E-state index in [1.807, 2.05) is 48.5 Å². The van der Waals surface area contributed by atoms with E-state index in [1.54, 1.807) is 30.3 Å². The molecule has 78 heavy (non-hydrogen) atoms. The Morgan fingerprint density at radius 1 is 0.462 bits per heavy atom. The summed E-state index contributed by atoms with van der Waals surface area (Å²) in [5, 5.41) is 23.2. The molecule has 0 saturated heterocycles. The molecule has 21 heteroatoms. The van der Waals surface area contributed by atoms with Crippen molar-refractivity contribution in [2.75, 3.05) is 48.8 Å². The number of alkyl carbamates (subject to hydrolysis) is 3. The molecule has 0 radical (unpaired) electrons. The molecule has 398 valence electrons. The number of hydrogen-bond acceptors (Lipinski definition) is 12. The highest BCUT2D eigenvalue weighted by atomic mass is 16.6. The van der Waals surface area contributed by atoms with Crippen molar-refractivity contribution in [1.82, 2.24) is 31.9 Å². The number of hydrogen-bond donors (Lipinski definition) is 9. The number of rotatable bonds is 12. The second kappa shape index (κ2) is 25.8. The maximum absolute atomic E-state index is 14.2. The molecule has 0 saturated carbocycles. The molecule has 9 amide bonds. The van der Waals surface area contributed by atoms with Crippen molar-refractivity contribution in [3.05, 3.63) is 198 Å². The molecule has 6 bridgehead atoms. The van der Waals surface area contributed by atoms with Crippen LogP contribution in [0.4, 0.5) is 31.4 Å². The molecule has 0 spiro atoms. The highest BCUT2D eigenvalue weighted by Gasteiger charge is 2.31. The summed E-state index contributed by atoms with van der Waals surface area (Å²) in [5.74, 6) is -5.25. The summed E-state index contributed by atoms with van der Waals surface area (Å²) in [7, 11) is 0. The van der Waals surface area contributed by atoms with Crippen LogP contribution in [0.25, 0.3) is 11.1 Å². The van der Waals surface area contributed by atoms with Gasteiger partial charge in [-0.25, -0.2) is 14.4 Å². The van der Waals surface area contributed by atoms with E-state index in [1.165, 1.54) is 78.9 Å². The zero-order valence-corrected chi connectivity index (χ0v) is 41.7. The van der Waals surface area contributed by atoms with Crippen LogP contribution in [0.1, 0.15) is 53.7 Å². The summed E-state index contributed by atoms with van der Waals surface area (Å²) in [5.41, 5.74) is 4.77. The van der Waals surface area contributed by atoms with Crippen molar-refractivity contribution in [1.29, 1.82) is 0 Å². The minimum absolute atomic E-state index is 0.0415. The third-order valence-corrected chi connectivity index (χ3v) is 12.3. The van der Waals surface area contributed by atoms with E-state index in [2.05, 4.69) is 54.4 Å². The van der Waals surface area contributed by atoms with E-state index in [4.69, 9.17) is 14.2 Å². The van der Waals surface area contributed by atoms with Gasteiger partial charge in [0, 0.05) is 39.7 Å². The Balaban J connectivity index is 1.06. The number of carbonyl (C=O) groups excluding carboxylic acids is 9. The van der Waals surface area contributed by atoms with Gasteiger partial charge < -0.3 is 62.1 Å². The van der Waals surface area contributed by atoms with Crippen LogP contribution in [0.5, 0.6) is 0 Å². The van der Waals surface area contributed by atoms with E-state index in [9.17, 15) is 43.2 Å². The van der Waals surface area contributed by atoms with Crippen LogP contribution >= 0.6 is 0 Å². The molecular formula is C57H53N9O12.